The van der Waals surface area contributed by atoms with Crippen LogP contribution in [0.1, 0.15) is 23.1 Å². The average molecular weight is 444 g/mol. The molecule has 3 rings (SSSR count). The monoisotopic (exact) mass is 443 g/mol. The number of carbonyl (C=O) groups excluding carboxylic acids is 1. The van der Waals surface area contributed by atoms with Crippen LogP contribution in [-0.2, 0) is 14.3 Å². The van der Waals surface area contributed by atoms with Gasteiger partial charge in [0, 0.05) is 30.8 Å². The topological polar surface area (TPSA) is 48.0 Å². The molecule has 0 bridgehead atoms. The number of carbonyl (C=O) groups is 1. The normalized spacial score (nSPS) is 14.3. The van der Waals surface area contributed by atoms with E-state index in [1.54, 1.807) is 7.11 Å². The molecule has 1 heterocycles. The Hall–Kier alpha value is -2.76. The molecule has 0 aliphatic carbocycles. The summed E-state index contributed by atoms with van der Waals surface area (Å²) >= 11 is 0. The lowest BCUT2D eigenvalue weighted by Gasteiger charge is -2.25. The minimum absolute atomic E-state index is 0. The minimum Gasteiger partial charge on any atom is -0.499 e. The Morgan fingerprint density at radius 1 is 1.13 bits per heavy atom. The van der Waals surface area contributed by atoms with Crippen LogP contribution >= 0.6 is 12.4 Å². The lowest BCUT2D eigenvalue weighted by molar-refractivity contribution is -0.136. The summed E-state index contributed by atoms with van der Waals surface area (Å²) in [6.07, 6.45) is 4.64. The van der Waals surface area contributed by atoms with E-state index in [0.717, 1.165) is 47.5 Å². The molecular formula is C25H30ClNO4. The highest BCUT2D eigenvalue weighted by atomic mass is 35.5. The fourth-order valence-corrected chi connectivity index (χ4v) is 3.55. The molecule has 0 unspecified atom stereocenters. The highest BCUT2D eigenvalue weighted by Gasteiger charge is 2.18. The van der Waals surface area contributed by atoms with Crippen LogP contribution in [0, 0.1) is 6.92 Å². The first kappa shape index (κ1) is 24.5. The number of halogens is 1. The van der Waals surface area contributed by atoms with Crippen molar-refractivity contribution in [3.63, 3.8) is 0 Å². The van der Waals surface area contributed by atoms with E-state index in [4.69, 9.17) is 14.2 Å². The van der Waals surface area contributed by atoms with Gasteiger partial charge >= 0.3 is 5.97 Å². The maximum Gasteiger partial charge on any atom is 0.334 e. The van der Waals surface area contributed by atoms with Crippen LogP contribution in [0.2, 0.25) is 0 Å². The first-order valence-electron chi connectivity index (χ1n) is 10.1. The van der Waals surface area contributed by atoms with Crippen LogP contribution in [0.15, 0.2) is 66.4 Å². The van der Waals surface area contributed by atoms with Crippen molar-refractivity contribution in [2.75, 3.05) is 40.5 Å². The van der Waals surface area contributed by atoms with E-state index in [-0.39, 0.29) is 18.4 Å². The fraction of sp³-hybridized carbons (Fsp3) is 0.320. The molecule has 1 aliphatic heterocycles. The Balaban J connectivity index is 0.00000341. The third kappa shape index (κ3) is 6.61. The molecule has 5 nitrogen and oxygen atoms in total. The van der Waals surface area contributed by atoms with Gasteiger partial charge in [-0.2, -0.15) is 0 Å². The van der Waals surface area contributed by atoms with Crippen LogP contribution in [0.25, 0.3) is 5.57 Å². The van der Waals surface area contributed by atoms with Gasteiger partial charge in [-0.05, 0) is 42.2 Å². The van der Waals surface area contributed by atoms with Crippen LogP contribution < -0.4 is 4.74 Å². The Morgan fingerprint density at radius 2 is 1.94 bits per heavy atom. The third-order valence-corrected chi connectivity index (χ3v) is 5.22. The molecule has 0 N–H and O–H groups in total. The molecule has 0 saturated heterocycles. The number of nitrogens with zero attached hydrogens (tertiary/aromatic N) is 1. The second kappa shape index (κ2) is 12.2. The number of ether oxygens (including phenoxy) is 3. The summed E-state index contributed by atoms with van der Waals surface area (Å²) in [6, 6.07) is 16.2. The molecule has 0 aromatic heterocycles. The summed E-state index contributed by atoms with van der Waals surface area (Å²) in [5.74, 6) is 0.558. The van der Waals surface area contributed by atoms with Gasteiger partial charge in [0.05, 0.1) is 20.5 Å². The van der Waals surface area contributed by atoms with E-state index in [0.29, 0.717) is 13.2 Å². The van der Waals surface area contributed by atoms with Gasteiger partial charge in [-0.25, -0.2) is 4.79 Å². The molecule has 6 heteroatoms. The van der Waals surface area contributed by atoms with E-state index in [1.165, 1.54) is 12.7 Å². The van der Waals surface area contributed by atoms with Crippen molar-refractivity contribution in [2.45, 2.75) is 13.3 Å². The molecule has 0 radical (unpaired) electrons. The van der Waals surface area contributed by atoms with Gasteiger partial charge in [0.2, 0.25) is 0 Å². The molecule has 2 aromatic carbocycles. The van der Waals surface area contributed by atoms with E-state index in [9.17, 15) is 4.79 Å². The van der Waals surface area contributed by atoms with E-state index in [1.807, 2.05) is 42.7 Å². The van der Waals surface area contributed by atoms with Crippen LogP contribution in [0.4, 0.5) is 0 Å². The number of hydrogen-bond donors (Lipinski definition) is 0. The Kier molecular flexibility index (Phi) is 9.63. The summed E-state index contributed by atoms with van der Waals surface area (Å²) in [5, 5.41) is 0. The predicted octanol–water partition coefficient (Wildman–Crippen LogP) is 4.64. The van der Waals surface area contributed by atoms with Gasteiger partial charge in [-0.1, -0.05) is 42.5 Å². The molecule has 166 valence electrons. The van der Waals surface area contributed by atoms with E-state index in [2.05, 4.69) is 30.0 Å². The lowest BCUT2D eigenvalue weighted by Crippen LogP contribution is -2.34. The van der Waals surface area contributed by atoms with Crippen molar-refractivity contribution in [2.24, 2.45) is 0 Å². The summed E-state index contributed by atoms with van der Waals surface area (Å²) in [6.45, 7) is 4.88. The maximum absolute atomic E-state index is 11.8. The van der Waals surface area contributed by atoms with Crippen LogP contribution in [-0.4, -0.2) is 51.3 Å². The highest BCUT2D eigenvalue weighted by Crippen LogP contribution is 2.28. The smallest absolute Gasteiger partial charge is 0.334 e. The van der Waals surface area contributed by atoms with Gasteiger partial charge in [-0.15, -0.1) is 12.4 Å². The van der Waals surface area contributed by atoms with Gasteiger partial charge in [0.1, 0.15) is 12.4 Å². The van der Waals surface area contributed by atoms with Crippen LogP contribution in [0.5, 0.6) is 5.75 Å². The number of esters is 1. The van der Waals surface area contributed by atoms with Gasteiger partial charge < -0.3 is 14.2 Å². The molecule has 0 saturated carbocycles. The fourth-order valence-electron chi connectivity index (χ4n) is 3.55. The number of aryl methyl sites for hydroxylation is 1. The zero-order valence-corrected chi connectivity index (χ0v) is 19.1. The Labute approximate surface area is 190 Å². The van der Waals surface area contributed by atoms with Crippen LogP contribution in [0.3, 0.4) is 0 Å². The average Bonchev–Trinajstić information content (AvgIpc) is 2.79. The molecule has 2 aromatic rings. The number of methoxy groups -OCH3 is 2. The number of benzene rings is 2. The summed E-state index contributed by atoms with van der Waals surface area (Å²) < 4.78 is 16.2. The third-order valence-electron chi connectivity index (χ3n) is 5.22. The van der Waals surface area contributed by atoms with Crippen molar-refractivity contribution < 1.29 is 19.0 Å². The van der Waals surface area contributed by atoms with E-state index >= 15 is 0 Å². The number of rotatable bonds is 8. The van der Waals surface area contributed by atoms with Gasteiger partial charge in [-0.3, -0.25) is 4.90 Å². The zero-order chi connectivity index (χ0) is 21.3. The standard InChI is InChI=1S/C25H29NO4.ClH/c1-19-8-4-5-12-23(19)24(20-9-6-11-22(16-20)28-2)18-30-15-14-26-13-7-10-21(17-26)25(27)29-3;/h4-6,8-12,16,18H,7,13-15,17H2,1-3H3;1H. The maximum atomic E-state index is 11.8. The predicted molar refractivity (Wildman–Crippen MR) is 126 cm³/mol. The molecular weight excluding hydrogens is 414 g/mol. The molecule has 0 fully saturated rings. The first-order chi connectivity index (χ1) is 14.6. The summed E-state index contributed by atoms with van der Waals surface area (Å²) in [7, 11) is 3.09. The quantitative estimate of drug-likeness (QED) is 0.338. The summed E-state index contributed by atoms with van der Waals surface area (Å²) in [4.78, 5) is 14.0. The molecule has 1 aliphatic rings. The Morgan fingerprint density at radius 3 is 2.68 bits per heavy atom. The van der Waals surface area contributed by atoms with E-state index < -0.39 is 0 Å². The molecule has 0 spiro atoms. The Bertz CT molecular complexity index is 939. The second-order valence-electron chi connectivity index (χ2n) is 7.23. The summed E-state index contributed by atoms with van der Waals surface area (Å²) in [5.41, 5.74) is 5.08. The number of hydrogen-bond acceptors (Lipinski definition) is 5. The molecule has 0 atom stereocenters. The van der Waals surface area contributed by atoms with Gasteiger partial charge in [0.15, 0.2) is 0 Å². The molecule has 0 amide bonds. The van der Waals surface area contributed by atoms with Crippen molar-refractivity contribution >= 4 is 23.9 Å². The zero-order valence-electron chi connectivity index (χ0n) is 18.3. The van der Waals surface area contributed by atoms with Crippen molar-refractivity contribution in [1.29, 1.82) is 0 Å². The van der Waals surface area contributed by atoms with Crippen molar-refractivity contribution in [3.8, 4) is 5.75 Å². The SMILES string of the molecule is COC(=O)C1=CCCN(CCOC=C(c2cccc(OC)c2)c2ccccc2C)C1.Cl. The van der Waals surface area contributed by atoms with Gasteiger partial charge in [0.25, 0.3) is 0 Å². The largest absolute Gasteiger partial charge is 0.499 e. The first-order valence-corrected chi connectivity index (χ1v) is 10.1. The molecule has 31 heavy (non-hydrogen) atoms. The van der Waals surface area contributed by atoms with Crippen molar-refractivity contribution in [1.82, 2.24) is 4.90 Å². The minimum atomic E-state index is -0.250. The second-order valence-corrected chi connectivity index (χ2v) is 7.23. The highest BCUT2D eigenvalue weighted by molar-refractivity contribution is 5.89. The lowest BCUT2D eigenvalue weighted by atomic mass is 9.95. The van der Waals surface area contributed by atoms with Crippen molar-refractivity contribution in [3.05, 3.63) is 83.1 Å².